The van der Waals surface area contributed by atoms with Crippen molar-refractivity contribution in [2.75, 3.05) is 0 Å². The Morgan fingerprint density at radius 1 is 0.649 bits per heavy atom. The minimum Gasteiger partial charge on any atom is -0.391 e. The number of aliphatic hydroxyl groups is 1. The number of unbranched alkanes of at least 4 members (excludes halogenated alkanes) is 23. The highest BCUT2D eigenvalue weighted by atomic mass is 16.3. The van der Waals surface area contributed by atoms with Crippen LogP contribution in [0.15, 0.2) is 0 Å². The molecule has 37 heavy (non-hydrogen) atoms. The van der Waals surface area contributed by atoms with Crippen molar-refractivity contribution in [1.29, 1.82) is 0 Å². The van der Waals surface area contributed by atoms with Crippen LogP contribution in [0.25, 0.3) is 0 Å². The topological polar surface area (TPSA) is 49.3 Å². The number of rotatable bonds is 29. The van der Waals surface area contributed by atoms with Crippen LogP contribution >= 0.6 is 0 Å². The van der Waals surface area contributed by atoms with E-state index in [9.17, 15) is 9.90 Å². The second-order valence-electron chi connectivity index (χ2n) is 11.5. The fourth-order valence-electron chi connectivity index (χ4n) is 5.15. The molecule has 3 nitrogen and oxygen atoms in total. The molecule has 1 amide bonds. The molecule has 2 N–H and O–H groups in total. The quantitative estimate of drug-likeness (QED) is 0.0762. The predicted molar refractivity (Wildman–Crippen MR) is 163 cm³/mol. The predicted octanol–water partition coefficient (Wildman–Crippen LogP) is 10.0. The number of nitrogens with one attached hydrogen (secondary N) is 1. The lowest BCUT2D eigenvalue weighted by atomic mass is 10.0. The summed E-state index contributed by atoms with van der Waals surface area (Å²) in [6.07, 6.45) is 38.3. The van der Waals surface area contributed by atoms with E-state index in [1.165, 1.54) is 135 Å². The van der Waals surface area contributed by atoms with Gasteiger partial charge in [-0.3, -0.25) is 4.79 Å². The van der Waals surface area contributed by atoms with Gasteiger partial charge < -0.3 is 10.4 Å². The molecule has 0 fully saturated rings. The molecule has 0 aliphatic rings. The zero-order valence-corrected chi connectivity index (χ0v) is 25.2. The lowest BCUT2D eigenvalue weighted by Crippen LogP contribution is -2.41. The highest BCUT2D eigenvalue weighted by molar-refractivity contribution is 5.76. The second-order valence-corrected chi connectivity index (χ2v) is 11.5. The van der Waals surface area contributed by atoms with Gasteiger partial charge in [-0.1, -0.05) is 148 Å². The van der Waals surface area contributed by atoms with Crippen molar-refractivity contribution < 1.29 is 9.90 Å². The Bertz CT molecular complexity index is 512. The van der Waals surface area contributed by atoms with Gasteiger partial charge >= 0.3 is 0 Å². The monoisotopic (exact) mass is 520 g/mol. The Morgan fingerprint density at radius 2 is 1.03 bits per heavy atom. The fraction of sp³-hybridized carbons (Fsp3) is 0.912. The maximum atomic E-state index is 12.2. The molecule has 0 bridgehead atoms. The molecule has 0 spiro atoms. The molecule has 0 saturated carbocycles. The molecule has 0 heterocycles. The molecule has 0 aromatic heterocycles. The van der Waals surface area contributed by atoms with Gasteiger partial charge in [-0.2, -0.15) is 0 Å². The summed E-state index contributed by atoms with van der Waals surface area (Å²) in [7, 11) is 0. The number of aliphatic hydroxyl groups excluding tert-OH is 1. The Labute approximate surface area is 232 Å². The second kappa shape index (κ2) is 29.5. The highest BCUT2D eigenvalue weighted by Crippen LogP contribution is 2.15. The van der Waals surface area contributed by atoms with Crippen molar-refractivity contribution in [1.82, 2.24) is 5.32 Å². The van der Waals surface area contributed by atoms with E-state index in [-0.39, 0.29) is 11.9 Å². The molecule has 0 aliphatic heterocycles. The molecule has 2 unspecified atom stereocenters. The number of carbonyl (C=O) groups excluding carboxylic acids is 1. The molecule has 3 heteroatoms. The molecule has 0 saturated heterocycles. The van der Waals surface area contributed by atoms with Gasteiger partial charge in [0.1, 0.15) is 0 Å². The van der Waals surface area contributed by atoms with E-state index in [1.54, 1.807) is 0 Å². The third kappa shape index (κ3) is 27.8. The largest absolute Gasteiger partial charge is 0.391 e. The first-order valence-corrected chi connectivity index (χ1v) is 16.5. The highest BCUT2D eigenvalue weighted by Gasteiger charge is 2.15. The number of hydrogen-bond acceptors (Lipinski definition) is 2. The Morgan fingerprint density at radius 3 is 1.46 bits per heavy atom. The Hall–Kier alpha value is -1.01. The first-order valence-electron chi connectivity index (χ1n) is 16.5. The minimum atomic E-state index is -0.426. The summed E-state index contributed by atoms with van der Waals surface area (Å²) in [6, 6.07) is -0.143. The van der Waals surface area contributed by atoms with Crippen LogP contribution in [0.4, 0.5) is 0 Å². The van der Waals surface area contributed by atoms with E-state index in [2.05, 4.69) is 18.2 Å². The van der Waals surface area contributed by atoms with Crippen molar-refractivity contribution in [2.24, 2.45) is 0 Å². The fourth-order valence-corrected chi connectivity index (χ4v) is 5.15. The lowest BCUT2D eigenvalue weighted by Gasteiger charge is -2.20. The van der Waals surface area contributed by atoms with Crippen LogP contribution in [0.5, 0.6) is 0 Å². The van der Waals surface area contributed by atoms with E-state index < -0.39 is 6.10 Å². The zero-order chi connectivity index (χ0) is 27.2. The van der Waals surface area contributed by atoms with Crippen LogP contribution in [-0.2, 0) is 4.79 Å². The molecule has 218 valence electrons. The smallest absolute Gasteiger partial charge is 0.220 e. The van der Waals surface area contributed by atoms with Gasteiger partial charge in [-0.15, -0.1) is 12.3 Å². The molecule has 0 aromatic carbocycles. The number of amides is 1. The molecular formula is C34H65NO2. The summed E-state index contributed by atoms with van der Waals surface area (Å²) < 4.78 is 0. The SMILES string of the molecule is C#CCCCCCCCCCCCCCC(O)C(C)NC(=O)CCCCCCCCCCCCCCC. The van der Waals surface area contributed by atoms with E-state index in [0.717, 1.165) is 32.1 Å². The summed E-state index contributed by atoms with van der Waals surface area (Å²) >= 11 is 0. The first kappa shape index (κ1) is 36.0. The molecule has 0 aliphatic carbocycles. The summed E-state index contributed by atoms with van der Waals surface area (Å²) in [5, 5.41) is 13.4. The lowest BCUT2D eigenvalue weighted by molar-refractivity contribution is -0.122. The van der Waals surface area contributed by atoms with E-state index in [1.807, 2.05) is 6.92 Å². The Balaban J connectivity index is 3.43. The van der Waals surface area contributed by atoms with Crippen molar-refractivity contribution in [3.05, 3.63) is 0 Å². The van der Waals surface area contributed by atoms with Gasteiger partial charge in [0.25, 0.3) is 0 Å². The average Bonchev–Trinajstić information content (AvgIpc) is 2.89. The van der Waals surface area contributed by atoms with Crippen molar-refractivity contribution in [3.63, 3.8) is 0 Å². The van der Waals surface area contributed by atoms with E-state index in [0.29, 0.717) is 6.42 Å². The molecule has 0 radical (unpaired) electrons. The number of carbonyl (C=O) groups is 1. The maximum absolute atomic E-state index is 12.2. The van der Waals surface area contributed by atoms with Crippen molar-refractivity contribution in [2.45, 2.75) is 199 Å². The Kier molecular flexibility index (Phi) is 28.7. The maximum Gasteiger partial charge on any atom is 0.220 e. The van der Waals surface area contributed by atoms with Gasteiger partial charge in [0.2, 0.25) is 5.91 Å². The van der Waals surface area contributed by atoms with Gasteiger partial charge in [-0.05, 0) is 26.2 Å². The molecule has 0 aromatic rings. The van der Waals surface area contributed by atoms with Crippen LogP contribution in [0.2, 0.25) is 0 Å². The van der Waals surface area contributed by atoms with E-state index >= 15 is 0 Å². The van der Waals surface area contributed by atoms with Crippen LogP contribution in [0, 0.1) is 12.3 Å². The van der Waals surface area contributed by atoms with Crippen LogP contribution in [0.1, 0.15) is 187 Å². The van der Waals surface area contributed by atoms with Crippen LogP contribution in [0.3, 0.4) is 0 Å². The first-order chi connectivity index (χ1) is 18.1. The van der Waals surface area contributed by atoms with Gasteiger partial charge in [0.05, 0.1) is 12.1 Å². The van der Waals surface area contributed by atoms with Crippen molar-refractivity contribution in [3.8, 4) is 12.3 Å². The standard InChI is InChI=1S/C34H65NO2/c1-4-6-8-10-12-14-16-18-20-22-24-26-28-30-33(36)32(3)35-34(37)31-29-27-25-23-21-19-17-15-13-11-9-7-5-2/h1,32-33,36H,5-31H2,2-3H3,(H,35,37). The molecule has 2 atom stereocenters. The van der Waals surface area contributed by atoms with Crippen LogP contribution in [-0.4, -0.2) is 23.2 Å². The van der Waals surface area contributed by atoms with Crippen molar-refractivity contribution >= 4 is 5.91 Å². The molecular weight excluding hydrogens is 454 g/mol. The average molecular weight is 520 g/mol. The number of terminal acetylenes is 1. The third-order valence-electron chi connectivity index (χ3n) is 7.79. The summed E-state index contributed by atoms with van der Waals surface area (Å²) in [6.45, 7) is 4.22. The van der Waals surface area contributed by atoms with Gasteiger partial charge in [0.15, 0.2) is 0 Å². The third-order valence-corrected chi connectivity index (χ3v) is 7.79. The summed E-state index contributed by atoms with van der Waals surface area (Å²) in [5.74, 6) is 2.82. The normalized spacial score (nSPS) is 12.8. The van der Waals surface area contributed by atoms with Gasteiger partial charge in [-0.25, -0.2) is 0 Å². The van der Waals surface area contributed by atoms with Gasteiger partial charge in [0, 0.05) is 12.8 Å². The van der Waals surface area contributed by atoms with Crippen LogP contribution < -0.4 is 5.32 Å². The zero-order valence-electron chi connectivity index (χ0n) is 25.2. The number of hydrogen-bond donors (Lipinski definition) is 2. The summed E-state index contributed by atoms with van der Waals surface area (Å²) in [4.78, 5) is 12.2. The summed E-state index contributed by atoms with van der Waals surface area (Å²) in [5.41, 5.74) is 0. The van der Waals surface area contributed by atoms with E-state index in [4.69, 9.17) is 6.42 Å². The molecule has 0 rings (SSSR count). The minimum absolute atomic E-state index is 0.102.